The van der Waals surface area contributed by atoms with Crippen molar-refractivity contribution in [1.82, 2.24) is 4.31 Å². The molecule has 172 valence electrons. The van der Waals surface area contributed by atoms with Gasteiger partial charge in [0.2, 0.25) is 10.0 Å². The van der Waals surface area contributed by atoms with Crippen molar-refractivity contribution in [3.8, 4) is 0 Å². The van der Waals surface area contributed by atoms with Crippen LogP contribution in [0.25, 0.3) is 0 Å². The number of sulfonamides is 1. The van der Waals surface area contributed by atoms with Gasteiger partial charge in [0.1, 0.15) is 10.7 Å². The summed E-state index contributed by atoms with van der Waals surface area (Å²) in [4.78, 5) is 24.1. The van der Waals surface area contributed by atoms with Crippen LogP contribution in [0.2, 0.25) is 0 Å². The Hall–Kier alpha value is -2.82. The standard InChI is InChI=1S/C22H25FN2O6S/c1-3-16-6-4-5-15(2)21(16)24-20(26)14-31-22(27)17-7-8-18(23)19(13-17)32(28,29)25-9-11-30-12-10-25/h4-8,13H,3,9-12,14H2,1-2H3,(H,24,26). The molecular formula is C22H25FN2O6S. The van der Waals surface area contributed by atoms with E-state index in [4.69, 9.17) is 9.47 Å². The molecule has 10 heteroatoms. The largest absolute Gasteiger partial charge is 0.452 e. The predicted octanol–water partition coefficient (Wildman–Crippen LogP) is 2.51. The number of ether oxygens (including phenoxy) is 2. The van der Waals surface area contributed by atoms with Crippen LogP contribution in [0.1, 0.15) is 28.4 Å². The van der Waals surface area contributed by atoms with E-state index in [1.807, 2.05) is 32.0 Å². The van der Waals surface area contributed by atoms with E-state index in [1.165, 1.54) is 0 Å². The number of esters is 1. The van der Waals surface area contributed by atoms with Crippen LogP contribution in [-0.4, -0.2) is 57.5 Å². The summed E-state index contributed by atoms with van der Waals surface area (Å²) in [5, 5.41) is 2.73. The number of anilines is 1. The first-order valence-corrected chi connectivity index (χ1v) is 11.6. The minimum atomic E-state index is -4.14. The van der Waals surface area contributed by atoms with E-state index in [2.05, 4.69) is 5.32 Å². The lowest BCUT2D eigenvalue weighted by molar-refractivity contribution is -0.119. The van der Waals surface area contributed by atoms with E-state index in [0.29, 0.717) is 12.1 Å². The van der Waals surface area contributed by atoms with Gasteiger partial charge in [0.25, 0.3) is 5.91 Å². The molecule has 2 aromatic carbocycles. The number of carbonyl (C=O) groups is 2. The third-order valence-corrected chi connectivity index (χ3v) is 7.01. The predicted molar refractivity (Wildman–Crippen MR) is 115 cm³/mol. The molecule has 32 heavy (non-hydrogen) atoms. The van der Waals surface area contributed by atoms with Crippen molar-refractivity contribution in [2.24, 2.45) is 0 Å². The maximum atomic E-state index is 14.3. The Balaban J connectivity index is 1.70. The third-order valence-electron chi connectivity index (χ3n) is 5.09. The van der Waals surface area contributed by atoms with E-state index in [0.717, 1.165) is 33.6 Å². The lowest BCUT2D eigenvalue weighted by Crippen LogP contribution is -2.41. The second-order valence-corrected chi connectivity index (χ2v) is 9.15. The van der Waals surface area contributed by atoms with Gasteiger partial charge in [0, 0.05) is 18.8 Å². The number of carbonyl (C=O) groups excluding carboxylic acids is 2. The minimum absolute atomic E-state index is 0.0925. The third kappa shape index (κ3) is 5.32. The zero-order valence-electron chi connectivity index (χ0n) is 17.9. The van der Waals surface area contributed by atoms with Crippen molar-refractivity contribution < 1.29 is 31.9 Å². The number of nitrogens with zero attached hydrogens (tertiary/aromatic N) is 1. The number of halogens is 1. The molecule has 1 amide bonds. The number of aryl methyl sites for hydroxylation is 2. The van der Waals surface area contributed by atoms with Crippen molar-refractivity contribution >= 4 is 27.6 Å². The molecule has 0 unspecified atom stereocenters. The van der Waals surface area contributed by atoms with Crippen LogP contribution < -0.4 is 5.32 Å². The number of rotatable bonds is 7. The Bertz CT molecular complexity index is 1110. The summed E-state index contributed by atoms with van der Waals surface area (Å²) in [6, 6.07) is 8.58. The van der Waals surface area contributed by atoms with E-state index >= 15 is 0 Å². The van der Waals surface area contributed by atoms with E-state index < -0.39 is 39.2 Å². The van der Waals surface area contributed by atoms with Gasteiger partial charge < -0.3 is 14.8 Å². The number of benzene rings is 2. The molecular weight excluding hydrogens is 439 g/mol. The van der Waals surface area contributed by atoms with Gasteiger partial charge in [-0.1, -0.05) is 25.1 Å². The molecule has 1 fully saturated rings. The van der Waals surface area contributed by atoms with E-state index in [1.54, 1.807) is 0 Å². The Morgan fingerprint density at radius 3 is 2.59 bits per heavy atom. The molecule has 1 N–H and O–H groups in total. The molecule has 0 aromatic heterocycles. The van der Waals surface area contributed by atoms with Gasteiger partial charge in [-0.15, -0.1) is 0 Å². The molecule has 0 saturated carbocycles. The monoisotopic (exact) mass is 464 g/mol. The van der Waals surface area contributed by atoms with Crippen LogP contribution in [0.5, 0.6) is 0 Å². The summed E-state index contributed by atoms with van der Waals surface area (Å²) in [5.74, 6) is -2.44. The van der Waals surface area contributed by atoms with Gasteiger partial charge in [-0.05, 0) is 42.7 Å². The Labute approximate surface area is 186 Å². The van der Waals surface area contributed by atoms with Crippen LogP contribution in [-0.2, 0) is 30.7 Å². The molecule has 1 aliphatic rings. The highest BCUT2D eigenvalue weighted by Crippen LogP contribution is 2.23. The van der Waals surface area contributed by atoms with Gasteiger partial charge >= 0.3 is 5.97 Å². The molecule has 1 aliphatic heterocycles. The highest BCUT2D eigenvalue weighted by molar-refractivity contribution is 7.89. The number of nitrogens with one attached hydrogen (secondary N) is 1. The van der Waals surface area contributed by atoms with Crippen LogP contribution in [0.3, 0.4) is 0 Å². The topological polar surface area (TPSA) is 102 Å². The second kappa shape index (κ2) is 10.2. The van der Waals surface area contributed by atoms with Gasteiger partial charge in [-0.3, -0.25) is 4.79 Å². The molecule has 3 rings (SSSR count). The van der Waals surface area contributed by atoms with Crippen molar-refractivity contribution in [2.45, 2.75) is 25.2 Å². The molecule has 0 bridgehead atoms. The highest BCUT2D eigenvalue weighted by Gasteiger charge is 2.30. The highest BCUT2D eigenvalue weighted by atomic mass is 32.2. The zero-order chi connectivity index (χ0) is 23.3. The molecule has 2 aromatic rings. The minimum Gasteiger partial charge on any atom is -0.452 e. The van der Waals surface area contributed by atoms with E-state index in [9.17, 15) is 22.4 Å². The molecule has 1 saturated heterocycles. The van der Waals surface area contributed by atoms with Crippen LogP contribution in [0.4, 0.5) is 10.1 Å². The van der Waals surface area contributed by atoms with Crippen molar-refractivity contribution in [1.29, 1.82) is 0 Å². The lowest BCUT2D eigenvalue weighted by atomic mass is 10.1. The van der Waals surface area contributed by atoms with Crippen molar-refractivity contribution in [3.05, 3.63) is 58.9 Å². The van der Waals surface area contributed by atoms with Crippen molar-refractivity contribution in [3.63, 3.8) is 0 Å². The normalized spacial score (nSPS) is 14.7. The van der Waals surface area contributed by atoms with Crippen LogP contribution in [0.15, 0.2) is 41.3 Å². The number of para-hydroxylation sites is 1. The average Bonchev–Trinajstić information content (AvgIpc) is 2.79. The van der Waals surface area contributed by atoms with E-state index in [-0.39, 0.29) is 31.9 Å². The fraction of sp³-hybridized carbons (Fsp3) is 0.364. The number of hydrogen-bond donors (Lipinski definition) is 1. The first-order chi connectivity index (χ1) is 15.2. The first-order valence-electron chi connectivity index (χ1n) is 10.2. The lowest BCUT2D eigenvalue weighted by Gasteiger charge is -2.26. The first kappa shape index (κ1) is 23.8. The Morgan fingerprint density at radius 1 is 1.19 bits per heavy atom. The van der Waals surface area contributed by atoms with Gasteiger partial charge in [-0.25, -0.2) is 17.6 Å². The van der Waals surface area contributed by atoms with Gasteiger partial charge in [0.15, 0.2) is 6.61 Å². The number of morpholine rings is 1. The van der Waals surface area contributed by atoms with Crippen LogP contribution in [0, 0.1) is 12.7 Å². The number of amides is 1. The molecule has 0 radical (unpaired) electrons. The zero-order valence-corrected chi connectivity index (χ0v) is 18.7. The molecule has 0 spiro atoms. The van der Waals surface area contributed by atoms with Crippen molar-refractivity contribution in [2.75, 3.05) is 38.2 Å². The summed E-state index contributed by atoms with van der Waals surface area (Å²) < 4.78 is 51.1. The molecule has 1 heterocycles. The van der Waals surface area contributed by atoms with Crippen LogP contribution >= 0.6 is 0 Å². The summed E-state index contributed by atoms with van der Waals surface area (Å²) in [7, 11) is -4.14. The van der Waals surface area contributed by atoms with Gasteiger partial charge in [-0.2, -0.15) is 4.31 Å². The molecule has 8 nitrogen and oxygen atoms in total. The summed E-state index contributed by atoms with van der Waals surface area (Å²) >= 11 is 0. The van der Waals surface area contributed by atoms with Gasteiger partial charge in [0.05, 0.1) is 18.8 Å². The fourth-order valence-electron chi connectivity index (χ4n) is 3.35. The SMILES string of the molecule is CCc1cccc(C)c1NC(=O)COC(=O)c1ccc(F)c(S(=O)(=O)N2CCOCC2)c1. The molecule has 0 aliphatic carbocycles. The average molecular weight is 465 g/mol. The number of hydrogen-bond acceptors (Lipinski definition) is 6. The quantitative estimate of drug-likeness (QED) is 0.632. The Morgan fingerprint density at radius 2 is 1.91 bits per heavy atom. The smallest absolute Gasteiger partial charge is 0.338 e. The molecule has 0 atom stereocenters. The maximum absolute atomic E-state index is 14.3. The fourth-order valence-corrected chi connectivity index (χ4v) is 4.84. The summed E-state index contributed by atoms with van der Waals surface area (Å²) in [6.07, 6.45) is 0.715. The Kier molecular flexibility index (Phi) is 7.60. The summed E-state index contributed by atoms with van der Waals surface area (Å²) in [5.41, 5.74) is 2.31. The maximum Gasteiger partial charge on any atom is 0.338 e. The second-order valence-electron chi connectivity index (χ2n) is 7.25. The summed E-state index contributed by atoms with van der Waals surface area (Å²) in [6.45, 7) is 3.84.